The Kier molecular flexibility index (Phi) is 7.06. The van der Waals surface area contributed by atoms with Crippen LogP contribution in [-0.4, -0.2) is 37.6 Å². The largest absolute Gasteiger partial charge is 0.502 e. The lowest BCUT2D eigenvalue weighted by Gasteiger charge is -2.06. The van der Waals surface area contributed by atoms with Gasteiger partial charge in [0.1, 0.15) is 34.6 Å². The van der Waals surface area contributed by atoms with Crippen molar-refractivity contribution in [1.29, 1.82) is 5.26 Å². The molecule has 4 rings (SSSR count). The highest BCUT2D eigenvalue weighted by atomic mass is 16.6. The van der Waals surface area contributed by atoms with Gasteiger partial charge >= 0.3 is 5.69 Å². The van der Waals surface area contributed by atoms with Crippen LogP contribution in [0.5, 0.6) is 23.0 Å². The number of hydrogen-bond donors (Lipinski definition) is 1. The van der Waals surface area contributed by atoms with Gasteiger partial charge in [0.15, 0.2) is 0 Å². The maximum atomic E-state index is 11.3. The number of aromatic hydroxyl groups is 1. The Bertz CT molecular complexity index is 1520. The van der Waals surface area contributed by atoms with Crippen LogP contribution < -0.4 is 14.2 Å². The minimum Gasteiger partial charge on any atom is -0.502 e. The summed E-state index contributed by atoms with van der Waals surface area (Å²) in [5.74, 6) is 1.20. The molecule has 3 aromatic carbocycles. The molecule has 4 aromatic rings. The zero-order valence-corrected chi connectivity index (χ0v) is 20.1. The van der Waals surface area contributed by atoms with Crippen molar-refractivity contribution in [2.24, 2.45) is 4.99 Å². The fourth-order valence-electron chi connectivity index (χ4n) is 3.69. The van der Waals surface area contributed by atoms with Gasteiger partial charge in [0.2, 0.25) is 11.6 Å². The van der Waals surface area contributed by atoms with E-state index in [0.29, 0.717) is 33.9 Å². The molecule has 1 heterocycles. The number of ether oxygens (including phenoxy) is 3. The minimum atomic E-state index is -0.730. The molecule has 10 heteroatoms. The molecule has 1 N–H and O–H groups in total. The monoisotopic (exact) mass is 499 g/mol. The van der Waals surface area contributed by atoms with E-state index in [-0.39, 0.29) is 22.8 Å². The number of rotatable bonds is 8. The maximum Gasteiger partial charge on any atom is 0.315 e. The Balaban J connectivity index is 1.89. The number of nitrogens with zero attached hydrogens (tertiary/aromatic N) is 3. The number of furan rings is 1. The van der Waals surface area contributed by atoms with Crippen LogP contribution in [0.25, 0.3) is 22.5 Å². The highest BCUT2D eigenvalue weighted by molar-refractivity contribution is 5.92. The molecule has 0 unspecified atom stereocenters. The number of hydrogen-bond acceptors (Lipinski definition) is 9. The summed E-state index contributed by atoms with van der Waals surface area (Å²) in [6.45, 7) is 0. The molecule has 0 fully saturated rings. The third kappa shape index (κ3) is 4.92. The fourth-order valence-corrected chi connectivity index (χ4v) is 3.69. The Hall–Kier alpha value is -5.30. The fraction of sp³-hybridized carbons (Fsp3) is 0.111. The first-order valence-electron chi connectivity index (χ1n) is 10.8. The van der Waals surface area contributed by atoms with Crippen molar-refractivity contribution in [3.63, 3.8) is 0 Å². The number of nitro groups is 1. The van der Waals surface area contributed by atoms with Gasteiger partial charge in [-0.25, -0.2) is 4.99 Å². The Morgan fingerprint density at radius 3 is 2.03 bits per heavy atom. The number of benzene rings is 3. The molecule has 10 nitrogen and oxygen atoms in total. The smallest absolute Gasteiger partial charge is 0.315 e. The minimum absolute atomic E-state index is 0.0170. The average Bonchev–Trinajstić information content (AvgIpc) is 3.30. The van der Waals surface area contributed by atoms with Crippen LogP contribution in [-0.2, 0) is 0 Å². The highest BCUT2D eigenvalue weighted by Gasteiger charge is 2.24. The van der Waals surface area contributed by atoms with E-state index in [1.54, 1.807) is 62.8 Å². The van der Waals surface area contributed by atoms with Gasteiger partial charge in [-0.3, -0.25) is 10.1 Å². The van der Waals surface area contributed by atoms with E-state index in [0.717, 1.165) is 6.07 Å². The van der Waals surface area contributed by atoms with E-state index in [4.69, 9.17) is 18.6 Å². The predicted octanol–water partition coefficient (Wildman–Crippen LogP) is 5.88. The molecule has 0 saturated heterocycles. The van der Waals surface area contributed by atoms with Crippen molar-refractivity contribution in [2.45, 2.75) is 0 Å². The molecule has 0 bridgehead atoms. The Labute approximate surface area is 211 Å². The molecule has 0 aliphatic carbocycles. The lowest BCUT2D eigenvalue weighted by molar-refractivity contribution is -0.385. The number of aliphatic imine (C=N–C) groups is 1. The lowest BCUT2D eigenvalue weighted by Crippen LogP contribution is -1.94. The molecular formula is C27H21N3O7. The standard InChI is InChI=1S/C27H21N3O7/c1-34-19-8-4-16(5-9-19)24-22(14-28)27(37-26(24)17-6-10-20(35-2)11-7-17)29-15-18-12-21(36-3)13-23(25(18)31)30(32)33/h4-13,15,31H,1-3H3/b29-15+. The first-order valence-corrected chi connectivity index (χ1v) is 10.8. The molecular weight excluding hydrogens is 478 g/mol. The van der Waals surface area contributed by atoms with Crippen molar-refractivity contribution in [3.05, 3.63) is 81.9 Å². The summed E-state index contributed by atoms with van der Waals surface area (Å²) in [6.07, 6.45) is 1.18. The number of nitro benzene ring substituents is 1. The topological polar surface area (TPSA) is 140 Å². The molecule has 0 radical (unpaired) electrons. The van der Waals surface area contributed by atoms with E-state index in [1.807, 2.05) is 0 Å². The van der Waals surface area contributed by atoms with Crippen molar-refractivity contribution >= 4 is 17.8 Å². The van der Waals surface area contributed by atoms with Gasteiger partial charge in [0, 0.05) is 22.9 Å². The maximum absolute atomic E-state index is 11.3. The summed E-state index contributed by atoms with van der Waals surface area (Å²) < 4.78 is 21.6. The molecule has 0 amide bonds. The summed E-state index contributed by atoms with van der Waals surface area (Å²) in [7, 11) is 4.46. The third-order valence-electron chi connectivity index (χ3n) is 5.58. The summed E-state index contributed by atoms with van der Waals surface area (Å²) in [6, 6.07) is 18.8. The van der Waals surface area contributed by atoms with Crippen LogP contribution in [0, 0.1) is 21.4 Å². The summed E-state index contributed by atoms with van der Waals surface area (Å²) >= 11 is 0. The van der Waals surface area contributed by atoms with Crippen LogP contribution >= 0.6 is 0 Å². The van der Waals surface area contributed by atoms with Gasteiger partial charge in [-0.2, -0.15) is 5.26 Å². The number of phenolic OH excluding ortho intramolecular Hbond substituents is 1. The quantitative estimate of drug-likeness (QED) is 0.180. The number of nitriles is 1. The Morgan fingerprint density at radius 2 is 1.51 bits per heavy atom. The highest BCUT2D eigenvalue weighted by Crippen LogP contribution is 2.43. The molecule has 1 aromatic heterocycles. The first kappa shape index (κ1) is 24.8. The van der Waals surface area contributed by atoms with Gasteiger partial charge in [0.25, 0.3) is 0 Å². The molecule has 0 spiro atoms. The van der Waals surface area contributed by atoms with Gasteiger partial charge in [-0.05, 0) is 48.0 Å². The second kappa shape index (κ2) is 10.5. The van der Waals surface area contributed by atoms with Gasteiger partial charge in [-0.1, -0.05) is 12.1 Å². The summed E-state index contributed by atoms with van der Waals surface area (Å²) in [5, 5.41) is 31.8. The van der Waals surface area contributed by atoms with Crippen LogP contribution in [0.2, 0.25) is 0 Å². The van der Waals surface area contributed by atoms with Crippen LogP contribution in [0.3, 0.4) is 0 Å². The normalized spacial score (nSPS) is 10.8. The number of methoxy groups -OCH3 is 3. The van der Waals surface area contributed by atoms with Crippen molar-refractivity contribution in [3.8, 4) is 51.5 Å². The van der Waals surface area contributed by atoms with Crippen molar-refractivity contribution in [1.82, 2.24) is 0 Å². The third-order valence-corrected chi connectivity index (χ3v) is 5.58. The van der Waals surface area contributed by atoms with Gasteiger partial charge in [-0.15, -0.1) is 0 Å². The van der Waals surface area contributed by atoms with Gasteiger partial charge in [0.05, 0.1) is 32.3 Å². The zero-order valence-electron chi connectivity index (χ0n) is 20.1. The van der Waals surface area contributed by atoms with E-state index in [1.165, 1.54) is 19.4 Å². The van der Waals surface area contributed by atoms with Crippen molar-refractivity contribution in [2.75, 3.05) is 21.3 Å². The van der Waals surface area contributed by atoms with Crippen molar-refractivity contribution < 1.29 is 28.7 Å². The van der Waals surface area contributed by atoms with Crippen LogP contribution in [0.1, 0.15) is 11.1 Å². The molecule has 37 heavy (non-hydrogen) atoms. The number of phenols is 1. The second-order valence-electron chi connectivity index (χ2n) is 7.65. The lowest BCUT2D eigenvalue weighted by atomic mass is 9.98. The molecule has 0 atom stereocenters. The van der Waals surface area contributed by atoms with E-state index >= 15 is 0 Å². The molecule has 0 aliphatic heterocycles. The van der Waals surface area contributed by atoms with Crippen LogP contribution in [0.15, 0.2) is 70.1 Å². The summed E-state index contributed by atoms with van der Waals surface area (Å²) in [4.78, 5) is 14.9. The van der Waals surface area contributed by atoms with E-state index in [9.17, 15) is 20.5 Å². The Morgan fingerprint density at radius 1 is 0.946 bits per heavy atom. The molecule has 0 aliphatic rings. The van der Waals surface area contributed by atoms with Gasteiger partial charge < -0.3 is 23.7 Å². The SMILES string of the molecule is COc1ccc(-c2oc(/N=C/c3cc(OC)cc([N+](=O)[O-])c3O)c(C#N)c2-c2ccc(OC)cc2)cc1. The second-order valence-corrected chi connectivity index (χ2v) is 7.65. The molecule has 0 saturated carbocycles. The average molecular weight is 499 g/mol. The van der Waals surface area contributed by atoms with Crippen LogP contribution in [0.4, 0.5) is 11.6 Å². The first-order chi connectivity index (χ1) is 17.9. The summed E-state index contributed by atoms with van der Waals surface area (Å²) in [5.41, 5.74) is 1.48. The predicted molar refractivity (Wildman–Crippen MR) is 136 cm³/mol. The molecule has 186 valence electrons. The van der Waals surface area contributed by atoms with E-state index < -0.39 is 16.4 Å². The zero-order chi connectivity index (χ0) is 26.5. The van der Waals surface area contributed by atoms with E-state index in [2.05, 4.69) is 11.1 Å².